The van der Waals surface area contributed by atoms with Gasteiger partial charge in [-0.25, -0.2) is 8.78 Å². The molecule has 2 saturated carbocycles. The van der Waals surface area contributed by atoms with E-state index in [1.165, 1.54) is 76.2 Å². The summed E-state index contributed by atoms with van der Waals surface area (Å²) in [5.74, 6) is 1.96. The minimum atomic E-state index is -0.689. The maximum atomic E-state index is 15.0. The van der Waals surface area contributed by atoms with Crippen LogP contribution in [0.4, 0.5) is 8.78 Å². The van der Waals surface area contributed by atoms with Gasteiger partial charge in [-0.1, -0.05) is 114 Å². The van der Waals surface area contributed by atoms with Gasteiger partial charge in [0.05, 0.1) is 0 Å². The van der Waals surface area contributed by atoms with Gasteiger partial charge in [0, 0.05) is 5.56 Å². The normalized spacial score (nSPS) is 25.4. The molecule has 34 heavy (non-hydrogen) atoms. The van der Waals surface area contributed by atoms with Crippen molar-refractivity contribution >= 4 is 0 Å². The number of hydrogen-bond donors (Lipinski definition) is 0. The number of benzene rings is 2. The summed E-state index contributed by atoms with van der Waals surface area (Å²) in [5.41, 5.74) is 2.99. The van der Waals surface area contributed by atoms with Crippen LogP contribution >= 0.6 is 0 Å². The van der Waals surface area contributed by atoms with Gasteiger partial charge in [-0.2, -0.15) is 0 Å². The molecule has 0 radical (unpaired) electrons. The van der Waals surface area contributed by atoms with Crippen molar-refractivity contribution in [2.75, 3.05) is 0 Å². The minimum Gasteiger partial charge on any atom is -0.203 e. The van der Waals surface area contributed by atoms with Crippen molar-refractivity contribution in [2.45, 2.75) is 104 Å². The molecule has 2 aromatic carbocycles. The van der Waals surface area contributed by atoms with Gasteiger partial charge in [-0.15, -0.1) is 0 Å². The molecule has 0 bridgehead atoms. The largest absolute Gasteiger partial charge is 0.203 e. The van der Waals surface area contributed by atoms with Crippen LogP contribution in [0.25, 0.3) is 11.1 Å². The molecule has 0 N–H and O–H groups in total. The monoisotopic (exact) mass is 466 g/mol. The molecule has 0 aliphatic heterocycles. The molecule has 0 nitrogen and oxygen atoms in total. The zero-order valence-corrected chi connectivity index (χ0v) is 21.4. The molecule has 0 aromatic heterocycles. The maximum absolute atomic E-state index is 15.0. The average Bonchev–Trinajstić information content (AvgIpc) is 2.86. The van der Waals surface area contributed by atoms with E-state index in [2.05, 4.69) is 26.0 Å². The van der Waals surface area contributed by atoms with Gasteiger partial charge in [0.25, 0.3) is 0 Å². The molecule has 0 spiro atoms. The zero-order chi connectivity index (χ0) is 23.9. The fourth-order valence-corrected chi connectivity index (χ4v) is 6.42. The quantitative estimate of drug-likeness (QED) is 0.345. The predicted octanol–water partition coefficient (Wildman–Crippen LogP) is 9.93. The van der Waals surface area contributed by atoms with E-state index in [0.717, 1.165) is 36.2 Å². The highest BCUT2D eigenvalue weighted by molar-refractivity contribution is 5.65. The molecule has 2 aliphatic rings. The zero-order valence-electron chi connectivity index (χ0n) is 21.4. The number of hydrogen-bond acceptors (Lipinski definition) is 0. The molecular weight excluding hydrogens is 422 g/mol. The van der Waals surface area contributed by atoms with Gasteiger partial charge in [-0.05, 0) is 66.0 Å². The molecule has 4 rings (SSSR count). The van der Waals surface area contributed by atoms with Gasteiger partial charge in [0.2, 0.25) is 0 Å². The molecule has 0 amide bonds. The van der Waals surface area contributed by atoms with Crippen LogP contribution in [-0.2, 0) is 12.8 Å². The van der Waals surface area contributed by atoms with Crippen LogP contribution in [0.3, 0.4) is 0 Å². The fraction of sp³-hybridized carbons (Fsp3) is 0.625. The van der Waals surface area contributed by atoms with Crippen molar-refractivity contribution in [3.63, 3.8) is 0 Å². The summed E-state index contributed by atoms with van der Waals surface area (Å²) in [6.07, 6.45) is 17.2. The Kier molecular flexibility index (Phi) is 9.20. The van der Waals surface area contributed by atoms with E-state index in [4.69, 9.17) is 0 Å². The molecule has 2 aliphatic carbocycles. The molecule has 0 saturated heterocycles. The summed E-state index contributed by atoms with van der Waals surface area (Å²) in [7, 11) is 0. The third kappa shape index (κ3) is 6.70. The second-order valence-electron chi connectivity index (χ2n) is 11.5. The lowest BCUT2D eigenvalue weighted by molar-refractivity contribution is 0.252. The third-order valence-corrected chi connectivity index (χ3v) is 8.89. The van der Waals surface area contributed by atoms with Crippen LogP contribution < -0.4 is 0 Å². The van der Waals surface area contributed by atoms with Crippen LogP contribution in [0, 0.1) is 35.3 Å². The van der Waals surface area contributed by atoms with Gasteiger partial charge in [0.15, 0.2) is 11.6 Å². The Balaban J connectivity index is 1.30. The Morgan fingerprint density at radius 2 is 1.21 bits per heavy atom. The van der Waals surface area contributed by atoms with E-state index in [1.807, 2.05) is 18.2 Å². The molecular formula is C32H44F2. The molecule has 0 heterocycles. The number of rotatable bonds is 9. The molecule has 2 heteroatoms. The van der Waals surface area contributed by atoms with Crippen molar-refractivity contribution < 1.29 is 8.78 Å². The SMILES string of the molecule is CCCC1CCC(CCc2ccc(-c3ccc(CCC4CCC(C)CC4)c(F)c3F)cc2)CC1. The first kappa shape index (κ1) is 25.4. The highest BCUT2D eigenvalue weighted by Gasteiger charge is 2.21. The Morgan fingerprint density at radius 3 is 1.82 bits per heavy atom. The molecule has 0 unspecified atom stereocenters. The molecule has 0 atom stereocenters. The summed E-state index contributed by atoms with van der Waals surface area (Å²) in [5, 5.41) is 0. The summed E-state index contributed by atoms with van der Waals surface area (Å²) >= 11 is 0. The standard InChI is InChI=1S/C32H44F2/c1-3-4-24-9-11-26(12-10-24)13-14-27-15-18-28(19-16-27)30-22-21-29(31(33)32(30)34)20-17-25-7-5-23(2)6-8-25/h15-16,18-19,21-26H,3-14,17,20H2,1-2H3. The van der Waals surface area contributed by atoms with E-state index in [1.54, 1.807) is 6.07 Å². The van der Waals surface area contributed by atoms with E-state index in [-0.39, 0.29) is 0 Å². The lowest BCUT2D eigenvalue weighted by atomic mass is 9.78. The smallest absolute Gasteiger partial charge is 0.166 e. The van der Waals surface area contributed by atoms with E-state index in [0.29, 0.717) is 23.5 Å². The lowest BCUT2D eigenvalue weighted by Gasteiger charge is -2.28. The van der Waals surface area contributed by atoms with Gasteiger partial charge in [-0.3, -0.25) is 0 Å². The van der Waals surface area contributed by atoms with Crippen LogP contribution in [0.5, 0.6) is 0 Å². The Morgan fingerprint density at radius 1 is 0.647 bits per heavy atom. The van der Waals surface area contributed by atoms with Gasteiger partial charge in [0.1, 0.15) is 0 Å². The summed E-state index contributed by atoms with van der Waals surface area (Å²) < 4.78 is 29.8. The first-order chi connectivity index (χ1) is 16.5. The van der Waals surface area contributed by atoms with Crippen molar-refractivity contribution in [3.05, 3.63) is 59.2 Å². The van der Waals surface area contributed by atoms with Crippen molar-refractivity contribution in [1.82, 2.24) is 0 Å². The van der Waals surface area contributed by atoms with Crippen LogP contribution in [0.15, 0.2) is 36.4 Å². The van der Waals surface area contributed by atoms with Crippen molar-refractivity contribution in [3.8, 4) is 11.1 Å². The van der Waals surface area contributed by atoms with Crippen LogP contribution in [0.2, 0.25) is 0 Å². The van der Waals surface area contributed by atoms with Crippen molar-refractivity contribution in [1.29, 1.82) is 0 Å². The van der Waals surface area contributed by atoms with Crippen LogP contribution in [-0.4, -0.2) is 0 Å². The second kappa shape index (κ2) is 12.3. The predicted molar refractivity (Wildman–Crippen MR) is 140 cm³/mol. The topological polar surface area (TPSA) is 0 Å². The molecule has 186 valence electrons. The Hall–Kier alpha value is -1.70. The van der Waals surface area contributed by atoms with Crippen LogP contribution in [0.1, 0.15) is 102 Å². The first-order valence-electron chi connectivity index (χ1n) is 14.1. The minimum absolute atomic E-state index is 0.383. The third-order valence-electron chi connectivity index (χ3n) is 8.89. The highest BCUT2D eigenvalue weighted by atomic mass is 19.2. The summed E-state index contributed by atoms with van der Waals surface area (Å²) in [6.45, 7) is 4.61. The molecule has 2 fully saturated rings. The first-order valence-corrected chi connectivity index (χ1v) is 14.1. The number of halogens is 2. The number of aryl methyl sites for hydroxylation is 2. The van der Waals surface area contributed by atoms with E-state index < -0.39 is 11.6 Å². The second-order valence-corrected chi connectivity index (χ2v) is 11.5. The molecule has 2 aromatic rings. The summed E-state index contributed by atoms with van der Waals surface area (Å²) in [4.78, 5) is 0. The highest BCUT2D eigenvalue weighted by Crippen LogP contribution is 2.35. The Bertz CT molecular complexity index is 884. The Labute approximate surface area is 206 Å². The van der Waals surface area contributed by atoms with Crippen molar-refractivity contribution in [2.24, 2.45) is 23.7 Å². The van der Waals surface area contributed by atoms with E-state index >= 15 is 0 Å². The van der Waals surface area contributed by atoms with E-state index in [9.17, 15) is 8.78 Å². The average molecular weight is 467 g/mol. The maximum Gasteiger partial charge on any atom is 0.166 e. The summed E-state index contributed by atoms with van der Waals surface area (Å²) in [6, 6.07) is 11.7. The fourth-order valence-electron chi connectivity index (χ4n) is 6.42. The van der Waals surface area contributed by atoms with Gasteiger partial charge < -0.3 is 0 Å². The van der Waals surface area contributed by atoms with Gasteiger partial charge >= 0.3 is 0 Å². The lowest BCUT2D eigenvalue weighted by Crippen LogP contribution is -2.15.